The van der Waals surface area contributed by atoms with Crippen molar-refractivity contribution in [2.45, 2.75) is 37.6 Å². The van der Waals surface area contributed by atoms with Gasteiger partial charge in [-0.3, -0.25) is 14.2 Å². The zero-order valence-electron chi connectivity index (χ0n) is 15.2. The van der Waals surface area contributed by atoms with Crippen LogP contribution in [0.2, 0.25) is 0 Å². The van der Waals surface area contributed by atoms with E-state index in [2.05, 4.69) is 29.2 Å². The van der Waals surface area contributed by atoms with E-state index in [0.717, 1.165) is 18.4 Å². The lowest BCUT2D eigenvalue weighted by atomic mass is 9.98. The van der Waals surface area contributed by atoms with Gasteiger partial charge in [0.05, 0.1) is 6.04 Å². The van der Waals surface area contributed by atoms with Crippen LogP contribution in [0.25, 0.3) is 0 Å². The molecule has 1 amide bonds. The first kappa shape index (κ1) is 16.8. The van der Waals surface area contributed by atoms with Crippen LogP contribution >= 0.6 is 0 Å². The van der Waals surface area contributed by atoms with E-state index >= 15 is 0 Å². The number of carbonyl (C=O) groups is 1. The van der Waals surface area contributed by atoms with Crippen LogP contribution in [0.5, 0.6) is 0 Å². The molecule has 2 saturated carbocycles. The fourth-order valence-corrected chi connectivity index (χ4v) is 3.68. The first-order chi connectivity index (χ1) is 12.5. The number of anilines is 1. The number of nitrogens with two attached hydrogens (primary N) is 1. The number of hydrogen-bond acceptors (Lipinski definition) is 4. The maximum atomic E-state index is 12.1. The van der Waals surface area contributed by atoms with Crippen molar-refractivity contribution in [1.29, 1.82) is 0 Å². The van der Waals surface area contributed by atoms with E-state index < -0.39 is 11.5 Å². The molecule has 1 aromatic heterocycles. The van der Waals surface area contributed by atoms with Crippen LogP contribution in [0.4, 0.5) is 5.95 Å². The second-order valence-corrected chi connectivity index (χ2v) is 7.63. The quantitative estimate of drug-likeness (QED) is 0.865. The maximum Gasteiger partial charge on any atom is 0.275 e. The monoisotopic (exact) mass is 352 g/mol. The summed E-state index contributed by atoms with van der Waals surface area (Å²) in [5, 5.41) is 0. The minimum atomic E-state index is -0.604. The summed E-state index contributed by atoms with van der Waals surface area (Å²) in [6.45, 7) is 0. The number of amides is 1. The highest BCUT2D eigenvalue weighted by molar-refractivity contribution is 5.91. The Morgan fingerprint density at radius 3 is 2.35 bits per heavy atom. The molecule has 4 rings (SSSR count). The SMILES string of the molecule is CN(C)c1nc(=O)cc(C(N)=O)n1[C@@H](c1ccc(C2CC2)cc1)C1CC1. The third-order valence-electron chi connectivity index (χ3n) is 5.27. The third kappa shape index (κ3) is 3.11. The molecule has 136 valence electrons. The Balaban J connectivity index is 1.86. The molecule has 2 aromatic rings. The van der Waals surface area contributed by atoms with Gasteiger partial charge >= 0.3 is 0 Å². The van der Waals surface area contributed by atoms with Crippen molar-refractivity contribution in [2.24, 2.45) is 11.7 Å². The smallest absolute Gasteiger partial charge is 0.275 e. The molecule has 0 saturated heterocycles. The van der Waals surface area contributed by atoms with Crippen molar-refractivity contribution < 1.29 is 4.79 Å². The summed E-state index contributed by atoms with van der Waals surface area (Å²) in [5.41, 5.74) is 7.90. The molecule has 1 aromatic carbocycles. The number of hydrogen-bond donors (Lipinski definition) is 1. The summed E-state index contributed by atoms with van der Waals surface area (Å²) in [6, 6.07) is 9.90. The van der Waals surface area contributed by atoms with Crippen LogP contribution in [0.3, 0.4) is 0 Å². The van der Waals surface area contributed by atoms with E-state index in [0.29, 0.717) is 17.8 Å². The molecule has 1 heterocycles. The second kappa shape index (κ2) is 6.27. The molecule has 0 aliphatic heterocycles. The highest BCUT2D eigenvalue weighted by Crippen LogP contribution is 2.46. The van der Waals surface area contributed by atoms with Crippen LogP contribution in [-0.4, -0.2) is 29.6 Å². The van der Waals surface area contributed by atoms with Gasteiger partial charge in [0.25, 0.3) is 11.5 Å². The first-order valence-electron chi connectivity index (χ1n) is 9.16. The van der Waals surface area contributed by atoms with E-state index in [1.807, 2.05) is 18.7 Å². The van der Waals surface area contributed by atoms with Gasteiger partial charge in [-0.25, -0.2) is 0 Å². The lowest BCUT2D eigenvalue weighted by Crippen LogP contribution is -2.32. The summed E-state index contributed by atoms with van der Waals surface area (Å²) in [5.74, 6) is 0.987. The number of primary amides is 1. The third-order valence-corrected chi connectivity index (χ3v) is 5.27. The average Bonchev–Trinajstić information content (AvgIpc) is 3.49. The molecule has 0 bridgehead atoms. The molecule has 2 N–H and O–H groups in total. The highest BCUT2D eigenvalue weighted by atomic mass is 16.1. The summed E-state index contributed by atoms with van der Waals surface area (Å²) >= 11 is 0. The molecule has 2 aliphatic carbocycles. The van der Waals surface area contributed by atoms with Gasteiger partial charge in [-0.1, -0.05) is 24.3 Å². The molecule has 26 heavy (non-hydrogen) atoms. The zero-order chi connectivity index (χ0) is 18.4. The number of rotatable bonds is 6. The highest BCUT2D eigenvalue weighted by Gasteiger charge is 2.37. The standard InChI is InChI=1S/C20H24N4O2/c1-23(2)20-22-17(25)11-16(19(21)26)24(20)18(15-9-10-15)14-7-5-13(6-8-14)12-3-4-12/h5-8,11-12,15,18H,3-4,9-10H2,1-2H3,(H2,21,26)/t18-/m0/s1. The Morgan fingerprint density at radius 2 is 1.85 bits per heavy atom. The normalized spacial score (nSPS) is 17.8. The van der Waals surface area contributed by atoms with E-state index in [-0.39, 0.29) is 11.7 Å². The van der Waals surface area contributed by atoms with Crippen molar-refractivity contribution in [3.63, 3.8) is 0 Å². The van der Waals surface area contributed by atoms with Crippen molar-refractivity contribution in [2.75, 3.05) is 19.0 Å². The van der Waals surface area contributed by atoms with Gasteiger partial charge in [-0.15, -0.1) is 0 Å². The van der Waals surface area contributed by atoms with Gasteiger partial charge in [0, 0.05) is 20.2 Å². The predicted octanol–water partition coefficient (Wildman–Crippen LogP) is 2.28. The fraction of sp³-hybridized carbons (Fsp3) is 0.450. The molecule has 2 aliphatic rings. The van der Waals surface area contributed by atoms with Gasteiger partial charge in [-0.2, -0.15) is 4.98 Å². The Bertz CT molecular complexity index is 893. The van der Waals surface area contributed by atoms with Gasteiger partial charge in [-0.05, 0) is 48.6 Å². The molecule has 0 unspecified atom stereocenters. The number of nitrogens with zero attached hydrogens (tertiary/aromatic N) is 3. The lowest BCUT2D eigenvalue weighted by molar-refractivity contribution is 0.0988. The van der Waals surface area contributed by atoms with Crippen LogP contribution in [0.1, 0.15) is 59.3 Å². The number of aromatic nitrogens is 2. The first-order valence-corrected chi connectivity index (χ1v) is 9.16. The molecule has 0 radical (unpaired) electrons. The zero-order valence-corrected chi connectivity index (χ0v) is 15.2. The van der Waals surface area contributed by atoms with Crippen LogP contribution in [-0.2, 0) is 0 Å². The Labute approximate surface area is 152 Å². The van der Waals surface area contributed by atoms with E-state index in [1.54, 1.807) is 4.90 Å². The fourth-order valence-electron chi connectivity index (χ4n) is 3.68. The topological polar surface area (TPSA) is 81.2 Å². The molecule has 2 fully saturated rings. The maximum absolute atomic E-state index is 12.1. The molecule has 6 nitrogen and oxygen atoms in total. The Hall–Kier alpha value is -2.63. The van der Waals surface area contributed by atoms with Crippen molar-refractivity contribution >= 4 is 11.9 Å². The van der Waals surface area contributed by atoms with E-state index in [1.165, 1.54) is 24.5 Å². The van der Waals surface area contributed by atoms with Crippen LogP contribution in [0.15, 0.2) is 35.1 Å². The second-order valence-electron chi connectivity index (χ2n) is 7.63. The molecular weight excluding hydrogens is 328 g/mol. The van der Waals surface area contributed by atoms with Gasteiger partial charge in [0.2, 0.25) is 5.95 Å². The van der Waals surface area contributed by atoms with Gasteiger partial charge < -0.3 is 10.6 Å². The molecule has 0 spiro atoms. The van der Waals surface area contributed by atoms with Crippen molar-refractivity contribution in [1.82, 2.24) is 9.55 Å². The number of benzene rings is 1. The Morgan fingerprint density at radius 1 is 1.19 bits per heavy atom. The van der Waals surface area contributed by atoms with Gasteiger partial charge in [0.1, 0.15) is 5.69 Å². The van der Waals surface area contributed by atoms with Crippen molar-refractivity contribution in [3.05, 3.63) is 57.5 Å². The van der Waals surface area contributed by atoms with Crippen LogP contribution in [0, 0.1) is 5.92 Å². The predicted molar refractivity (Wildman–Crippen MR) is 101 cm³/mol. The molecule has 6 heteroatoms. The van der Waals surface area contributed by atoms with Crippen LogP contribution < -0.4 is 16.2 Å². The summed E-state index contributed by atoms with van der Waals surface area (Å²) < 4.78 is 1.85. The minimum Gasteiger partial charge on any atom is -0.364 e. The number of carbonyl (C=O) groups excluding carboxylic acids is 1. The Kier molecular flexibility index (Phi) is 4.05. The molecular formula is C20H24N4O2. The molecule has 1 atom stereocenters. The van der Waals surface area contributed by atoms with E-state index in [4.69, 9.17) is 5.73 Å². The summed E-state index contributed by atoms with van der Waals surface area (Å²) in [4.78, 5) is 30.0. The average molecular weight is 352 g/mol. The lowest BCUT2D eigenvalue weighted by Gasteiger charge is -2.28. The van der Waals surface area contributed by atoms with Crippen molar-refractivity contribution in [3.8, 4) is 0 Å². The minimum absolute atomic E-state index is 0.0451. The van der Waals surface area contributed by atoms with Gasteiger partial charge in [0.15, 0.2) is 0 Å². The largest absolute Gasteiger partial charge is 0.364 e. The van der Waals surface area contributed by atoms with E-state index in [9.17, 15) is 9.59 Å². The summed E-state index contributed by atoms with van der Waals surface area (Å²) in [6.07, 6.45) is 4.72. The summed E-state index contributed by atoms with van der Waals surface area (Å²) in [7, 11) is 3.65.